The number of hydrogen-bond donors (Lipinski definition) is 1. The van der Waals surface area contributed by atoms with E-state index in [9.17, 15) is 9.90 Å². The van der Waals surface area contributed by atoms with Crippen molar-refractivity contribution >= 4 is 11.7 Å². The van der Waals surface area contributed by atoms with Crippen LogP contribution < -0.4 is 9.64 Å². The molecule has 0 bridgehead atoms. The van der Waals surface area contributed by atoms with Crippen LogP contribution in [0.15, 0.2) is 66.9 Å². The molecule has 0 saturated carbocycles. The van der Waals surface area contributed by atoms with E-state index in [-0.39, 0.29) is 11.8 Å². The Bertz CT molecular complexity index is 1310. The number of fused-ring (bicyclic) bond motifs is 3. The summed E-state index contributed by atoms with van der Waals surface area (Å²) in [6, 6.07) is 18.7. The number of aryl methyl sites for hydroxylation is 1. The molecule has 7 nitrogen and oxygen atoms in total. The number of carbonyl (C=O) groups is 1. The summed E-state index contributed by atoms with van der Waals surface area (Å²) in [5.74, 6) is 1.21. The van der Waals surface area contributed by atoms with Crippen molar-refractivity contribution < 1.29 is 14.6 Å². The summed E-state index contributed by atoms with van der Waals surface area (Å²) in [6.45, 7) is 2.47. The monoisotopic (exact) mass is 440 g/mol. The van der Waals surface area contributed by atoms with Crippen molar-refractivity contribution in [3.05, 3.63) is 83.6 Å². The van der Waals surface area contributed by atoms with Crippen molar-refractivity contribution in [2.45, 2.75) is 19.8 Å². The van der Waals surface area contributed by atoms with Crippen LogP contribution in [-0.4, -0.2) is 39.4 Å². The van der Waals surface area contributed by atoms with E-state index in [0.717, 1.165) is 17.9 Å². The predicted octanol–water partition coefficient (Wildman–Crippen LogP) is 4.41. The Balaban J connectivity index is 1.56. The lowest BCUT2D eigenvalue weighted by atomic mass is 10.1. The zero-order valence-corrected chi connectivity index (χ0v) is 18.5. The highest BCUT2D eigenvalue weighted by atomic mass is 16.5. The van der Waals surface area contributed by atoms with Crippen LogP contribution in [0.25, 0.3) is 16.9 Å². The zero-order chi connectivity index (χ0) is 22.9. The number of aromatic nitrogens is 3. The lowest BCUT2D eigenvalue weighted by Gasteiger charge is -2.22. The second-order valence-electron chi connectivity index (χ2n) is 7.89. The van der Waals surface area contributed by atoms with Crippen LogP contribution >= 0.6 is 0 Å². The number of rotatable bonds is 4. The molecule has 1 N–H and O–H groups in total. The minimum atomic E-state index is -0.120. The summed E-state index contributed by atoms with van der Waals surface area (Å²) in [6.07, 6.45) is 3.04. The smallest absolute Gasteiger partial charge is 0.259 e. The lowest BCUT2D eigenvalue weighted by molar-refractivity contribution is 0.0986. The maximum absolute atomic E-state index is 13.4. The fourth-order valence-electron chi connectivity index (χ4n) is 4.15. The average Bonchev–Trinajstić information content (AvgIpc) is 3.10. The van der Waals surface area contributed by atoms with Gasteiger partial charge in [0.2, 0.25) is 5.88 Å². The Labute approximate surface area is 191 Å². The van der Waals surface area contributed by atoms with E-state index in [4.69, 9.17) is 9.84 Å². The topological polar surface area (TPSA) is 80.5 Å². The molecule has 33 heavy (non-hydrogen) atoms. The highest BCUT2D eigenvalue weighted by molar-refractivity contribution is 6.07. The molecule has 2 aromatic carbocycles. The number of nitrogens with zero attached hydrogens (tertiary/aromatic N) is 4. The van der Waals surface area contributed by atoms with Crippen LogP contribution in [0, 0.1) is 0 Å². The van der Waals surface area contributed by atoms with Crippen molar-refractivity contribution in [3.8, 4) is 28.6 Å². The number of aromatic hydroxyl groups is 1. The summed E-state index contributed by atoms with van der Waals surface area (Å²) < 4.78 is 6.74. The molecule has 0 saturated heterocycles. The quantitative estimate of drug-likeness (QED) is 0.508. The molecule has 7 heteroatoms. The largest absolute Gasteiger partial charge is 0.497 e. The summed E-state index contributed by atoms with van der Waals surface area (Å²) in [5.41, 5.74) is 4.54. The van der Waals surface area contributed by atoms with Gasteiger partial charge in [-0.3, -0.25) is 9.69 Å². The fraction of sp³-hybridized carbons (Fsp3) is 0.192. The third-order valence-electron chi connectivity index (χ3n) is 6.01. The van der Waals surface area contributed by atoms with E-state index in [2.05, 4.69) is 11.9 Å². The van der Waals surface area contributed by atoms with Gasteiger partial charge in [0.25, 0.3) is 5.91 Å². The standard InChI is InChI=1S/C26H24N4O3/c1-3-17-6-8-18(9-7-17)25(31)29-16-14-22-23(21-5-4-15-27-24(21)29)28-30(26(22)32)19-10-12-20(33-2)13-11-19/h4-13,15,32H,3,14,16H2,1-2H3. The Morgan fingerprint density at radius 1 is 1.09 bits per heavy atom. The highest BCUT2D eigenvalue weighted by Crippen LogP contribution is 2.39. The van der Waals surface area contributed by atoms with Gasteiger partial charge in [-0.2, -0.15) is 5.10 Å². The molecule has 0 unspecified atom stereocenters. The molecule has 0 radical (unpaired) electrons. The van der Waals surface area contributed by atoms with Gasteiger partial charge in [0.05, 0.1) is 12.8 Å². The van der Waals surface area contributed by atoms with Crippen molar-refractivity contribution in [1.82, 2.24) is 14.8 Å². The first kappa shape index (κ1) is 20.8. The second-order valence-corrected chi connectivity index (χ2v) is 7.89. The number of carbonyl (C=O) groups excluding carboxylic acids is 1. The predicted molar refractivity (Wildman–Crippen MR) is 126 cm³/mol. The molecule has 0 fully saturated rings. The summed E-state index contributed by atoms with van der Waals surface area (Å²) in [5, 5.41) is 15.8. The zero-order valence-electron chi connectivity index (χ0n) is 18.5. The maximum atomic E-state index is 13.4. The van der Waals surface area contributed by atoms with Crippen molar-refractivity contribution in [2.75, 3.05) is 18.6 Å². The SMILES string of the molecule is CCc1ccc(C(=O)N2CCc3c(nn(-c4ccc(OC)cc4)c3O)-c3cccnc32)cc1. The molecule has 5 rings (SSSR count). The summed E-state index contributed by atoms with van der Waals surface area (Å²) >= 11 is 0. The number of hydrogen-bond acceptors (Lipinski definition) is 5. The minimum Gasteiger partial charge on any atom is -0.497 e. The van der Waals surface area contributed by atoms with Crippen LogP contribution in [0.2, 0.25) is 0 Å². The Morgan fingerprint density at radius 2 is 1.85 bits per heavy atom. The summed E-state index contributed by atoms with van der Waals surface area (Å²) in [7, 11) is 1.61. The molecule has 166 valence electrons. The molecule has 4 aromatic rings. The molecule has 0 atom stereocenters. The van der Waals surface area contributed by atoms with Gasteiger partial charge in [-0.05, 0) is 66.9 Å². The van der Waals surface area contributed by atoms with Gasteiger partial charge >= 0.3 is 0 Å². The normalized spacial score (nSPS) is 12.6. The van der Waals surface area contributed by atoms with Crippen LogP contribution in [0.4, 0.5) is 5.82 Å². The number of ether oxygens (including phenoxy) is 1. The minimum absolute atomic E-state index is 0.0616. The van der Waals surface area contributed by atoms with Crippen LogP contribution in [0.5, 0.6) is 11.6 Å². The molecule has 1 amide bonds. The fourth-order valence-corrected chi connectivity index (χ4v) is 4.15. The van der Waals surface area contributed by atoms with E-state index in [1.165, 1.54) is 10.2 Å². The number of methoxy groups -OCH3 is 1. The van der Waals surface area contributed by atoms with Crippen LogP contribution in [0.1, 0.15) is 28.4 Å². The lowest BCUT2D eigenvalue weighted by Crippen LogP contribution is -2.33. The van der Waals surface area contributed by atoms with E-state index in [1.54, 1.807) is 18.2 Å². The molecule has 3 heterocycles. The number of anilines is 1. The molecular formula is C26H24N4O3. The van der Waals surface area contributed by atoms with Gasteiger partial charge in [-0.1, -0.05) is 19.1 Å². The number of pyridine rings is 1. The second kappa shape index (κ2) is 8.43. The first-order chi connectivity index (χ1) is 16.1. The van der Waals surface area contributed by atoms with Gasteiger partial charge in [0.15, 0.2) is 0 Å². The van der Waals surface area contributed by atoms with Gasteiger partial charge in [0.1, 0.15) is 17.3 Å². The van der Waals surface area contributed by atoms with Gasteiger partial charge in [-0.25, -0.2) is 9.67 Å². The molecule has 1 aliphatic rings. The van der Waals surface area contributed by atoms with Crippen LogP contribution in [0.3, 0.4) is 0 Å². The van der Waals surface area contributed by atoms with E-state index < -0.39 is 0 Å². The van der Waals surface area contributed by atoms with Crippen molar-refractivity contribution in [2.24, 2.45) is 0 Å². The number of amides is 1. The number of benzene rings is 2. The molecular weight excluding hydrogens is 416 g/mol. The summed E-state index contributed by atoms with van der Waals surface area (Å²) in [4.78, 5) is 19.6. The van der Waals surface area contributed by atoms with E-state index in [1.807, 2.05) is 60.7 Å². The van der Waals surface area contributed by atoms with E-state index >= 15 is 0 Å². The maximum Gasteiger partial charge on any atom is 0.259 e. The third-order valence-corrected chi connectivity index (χ3v) is 6.01. The van der Waals surface area contributed by atoms with Gasteiger partial charge in [0, 0.05) is 29.4 Å². The Kier molecular flexibility index (Phi) is 5.30. The molecule has 2 aromatic heterocycles. The van der Waals surface area contributed by atoms with Gasteiger partial charge < -0.3 is 9.84 Å². The Morgan fingerprint density at radius 3 is 2.55 bits per heavy atom. The third kappa shape index (κ3) is 3.61. The van der Waals surface area contributed by atoms with E-state index in [0.29, 0.717) is 41.2 Å². The van der Waals surface area contributed by atoms with Gasteiger partial charge in [-0.15, -0.1) is 0 Å². The Hall–Kier alpha value is -4.13. The molecule has 1 aliphatic heterocycles. The molecule has 0 aliphatic carbocycles. The van der Waals surface area contributed by atoms with Crippen LogP contribution in [-0.2, 0) is 12.8 Å². The highest BCUT2D eigenvalue weighted by Gasteiger charge is 2.30. The van der Waals surface area contributed by atoms with Crippen molar-refractivity contribution in [3.63, 3.8) is 0 Å². The van der Waals surface area contributed by atoms with Crippen molar-refractivity contribution in [1.29, 1.82) is 0 Å². The molecule has 0 spiro atoms. The first-order valence-electron chi connectivity index (χ1n) is 10.9. The first-order valence-corrected chi connectivity index (χ1v) is 10.9. The average molecular weight is 441 g/mol.